The van der Waals surface area contributed by atoms with E-state index < -0.39 is 0 Å². The number of nitrogens with zero attached hydrogens (tertiary/aromatic N) is 4. The van der Waals surface area contributed by atoms with Gasteiger partial charge in [-0.1, -0.05) is 133 Å². The Morgan fingerprint density at radius 3 is 0.784 bits per heavy atom. The number of anilines is 11. The first-order chi connectivity index (χ1) is 50.0. The largest absolute Gasteiger partial charge is 0.497 e. The maximum Gasteiger partial charge on any atom is 0.119 e. The minimum absolute atomic E-state index is 0.537. The zero-order valence-corrected chi connectivity index (χ0v) is 61.0. The zero-order valence-electron chi connectivity index (χ0n) is 61.0. The molecule has 10 nitrogen and oxygen atoms in total. The van der Waals surface area contributed by atoms with Gasteiger partial charge in [0.1, 0.15) is 34.5 Å². The van der Waals surface area contributed by atoms with Crippen molar-refractivity contribution in [1.82, 2.24) is 0 Å². The lowest BCUT2D eigenvalue weighted by Gasteiger charge is -2.27. The van der Waals surface area contributed by atoms with Crippen molar-refractivity contribution in [3.05, 3.63) is 290 Å². The smallest absolute Gasteiger partial charge is 0.119 e. The van der Waals surface area contributed by atoms with Crippen molar-refractivity contribution in [2.45, 2.75) is 92.9 Å². The minimum atomic E-state index is 0.537. The van der Waals surface area contributed by atoms with Gasteiger partial charge in [-0.05, 0) is 284 Å². The van der Waals surface area contributed by atoms with Crippen molar-refractivity contribution in [1.29, 1.82) is 0 Å². The topological polar surface area (TPSA) is 68.3 Å². The van der Waals surface area contributed by atoms with Gasteiger partial charge in [-0.3, -0.25) is 0 Å². The van der Waals surface area contributed by atoms with Crippen LogP contribution in [0.15, 0.2) is 285 Å². The lowest BCUT2D eigenvalue weighted by molar-refractivity contribution is 0.233. The van der Waals surface area contributed by atoms with Gasteiger partial charge in [0, 0.05) is 68.3 Å². The fourth-order valence-corrected chi connectivity index (χ4v) is 12.9. The second-order valence-corrected chi connectivity index (χ2v) is 26.0. The minimum Gasteiger partial charge on any atom is -0.497 e. The molecule has 0 heterocycles. The van der Waals surface area contributed by atoms with E-state index in [0.29, 0.717) is 11.8 Å². The van der Waals surface area contributed by atoms with Gasteiger partial charge in [-0.25, -0.2) is 0 Å². The Morgan fingerprint density at radius 2 is 0.529 bits per heavy atom. The van der Waals surface area contributed by atoms with Crippen molar-refractivity contribution >= 4 is 68.1 Å². The molecule has 0 saturated heterocycles. The van der Waals surface area contributed by atoms with Gasteiger partial charge in [-0.2, -0.15) is 0 Å². The maximum absolute atomic E-state index is 6.44. The molecule has 2 unspecified atom stereocenters. The summed E-state index contributed by atoms with van der Waals surface area (Å²) in [5.74, 6) is 6.06. The van der Waals surface area contributed by atoms with Crippen LogP contribution in [0, 0.1) is 11.8 Å². The van der Waals surface area contributed by atoms with Crippen LogP contribution in [0.3, 0.4) is 0 Å². The van der Waals surface area contributed by atoms with E-state index in [1.807, 2.05) is 48.5 Å². The quantitative estimate of drug-likeness (QED) is 0.0364. The standard InChI is InChI=1S/C92H98N4O6/c1-11-15-17-69(13-3)65-101-91-61-49-77(50-62-91)93(76-33-23-72(24-34-76)73-27-37-80(38-28-73)95(82-41-53-87(97-7)54-42-82)83-43-55-88(98-8)56-44-83)68(6)20-19-67(5)71-21-31-78(32-22-71)94(86-51-63-92(64-52-86)102-66-70(14-4)18-16-12-2)79-35-25-74(26-36-79)75-29-39-81(40-30-75)96(84-45-57-89(99-9)58-46-84)85-47-59-90(100-10)60-48-85/h19-64,69-70H,11-18,65-66H2,1-10H3/b67-19+,68-20+. The first-order valence-electron chi connectivity index (χ1n) is 36.1. The van der Waals surface area contributed by atoms with E-state index in [0.717, 1.165) is 162 Å². The Labute approximate surface area is 606 Å². The molecule has 0 aliphatic heterocycles. The molecule has 522 valence electrons. The molecule has 2 atom stereocenters. The summed E-state index contributed by atoms with van der Waals surface area (Å²) in [7, 11) is 6.76. The molecule has 0 radical (unpaired) electrons. The van der Waals surface area contributed by atoms with Gasteiger partial charge in [0.15, 0.2) is 0 Å². The molecule has 0 bridgehead atoms. The fourth-order valence-electron chi connectivity index (χ4n) is 12.9. The normalized spacial score (nSPS) is 12.1. The van der Waals surface area contributed by atoms with Gasteiger partial charge in [0.2, 0.25) is 0 Å². The molecule has 0 spiro atoms. The third-order valence-corrected chi connectivity index (χ3v) is 19.2. The highest BCUT2D eigenvalue weighted by atomic mass is 16.5. The third kappa shape index (κ3) is 18.3. The molecular formula is C92H98N4O6. The monoisotopic (exact) mass is 1350 g/mol. The summed E-state index contributed by atoms with van der Waals surface area (Å²) in [5.41, 5.74) is 19.1. The zero-order chi connectivity index (χ0) is 71.2. The maximum atomic E-state index is 6.44. The Hall–Kier alpha value is -11.1. The number of hydrogen-bond donors (Lipinski definition) is 0. The first kappa shape index (κ1) is 72.2. The van der Waals surface area contributed by atoms with Crippen LogP contribution in [0.25, 0.3) is 27.8 Å². The van der Waals surface area contributed by atoms with E-state index in [1.54, 1.807) is 28.4 Å². The molecule has 11 rings (SSSR count). The molecule has 0 saturated carbocycles. The van der Waals surface area contributed by atoms with Crippen molar-refractivity contribution in [2.24, 2.45) is 11.8 Å². The van der Waals surface area contributed by atoms with Crippen LogP contribution in [0.1, 0.15) is 98.5 Å². The van der Waals surface area contributed by atoms with Crippen LogP contribution < -0.4 is 48.0 Å². The average Bonchev–Trinajstić information content (AvgIpc) is 0.810. The summed E-state index contributed by atoms with van der Waals surface area (Å²) < 4.78 is 34.9. The number of unbranched alkanes of at least 4 members (excludes halogenated alkanes) is 2. The van der Waals surface area contributed by atoms with E-state index in [9.17, 15) is 0 Å². The predicted octanol–water partition coefficient (Wildman–Crippen LogP) is 25.8. The number of hydrogen-bond acceptors (Lipinski definition) is 10. The number of ether oxygens (including phenoxy) is 6. The number of benzene rings is 11. The van der Waals surface area contributed by atoms with Crippen molar-refractivity contribution in [3.63, 3.8) is 0 Å². The van der Waals surface area contributed by atoms with Crippen LogP contribution in [-0.4, -0.2) is 41.7 Å². The molecule has 0 amide bonds. The summed E-state index contributed by atoms with van der Waals surface area (Å²) in [6.45, 7) is 14.9. The van der Waals surface area contributed by atoms with Crippen LogP contribution in [0.2, 0.25) is 0 Å². The fraction of sp³-hybridized carbons (Fsp3) is 0.239. The summed E-state index contributed by atoms with van der Waals surface area (Å²) in [5, 5.41) is 0. The Bertz CT molecular complexity index is 4310. The third-order valence-electron chi connectivity index (χ3n) is 19.2. The highest BCUT2D eigenvalue weighted by molar-refractivity contribution is 5.84. The molecule has 102 heavy (non-hydrogen) atoms. The second kappa shape index (κ2) is 35.8. The van der Waals surface area contributed by atoms with Crippen LogP contribution >= 0.6 is 0 Å². The molecule has 11 aromatic rings. The molecule has 10 heteroatoms. The van der Waals surface area contributed by atoms with Gasteiger partial charge >= 0.3 is 0 Å². The Kier molecular flexibility index (Phi) is 25.3. The van der Waals surface area contributed by atoms with E-state index in [1.165, 1.54) is 38.5 Å². The molecule has 11 aromatic carbocycles. The van der Waals surface area contributed by atoms with Crippen LogP contribution in [0.5, 0.6) is 34.5 Å². The Balaban J connectivity index is 0.866. The molecule has 0 aromatic heterocycles. The van der Waals surface area contributed by atoms with Gasteiger partial charge in [0.05, 0.1) is 41.7 Å². The summed E-state index contributed by atoms with van der Waals surface area (Å²) in [6.07, 6.45) is 13.9. The highest BCUT2D eigenvalue weighted by Crippen LogP contribution is 2.43. The lowest BCUT2D eigenvalue weighted by atomic mass is 10.0. The molecule has 0 aliphatic carbocycles. The lowest BCUT2D eigenvalue weighted by Crippen LogP contribution is -2.14. The van der Waals surface area contributed by atoms with Gasteiger partial charge in [0.25, 0.3) is 0 Å². The Morgan fingerprint density at radius 1 is 0.294 bits per heavy atom. The van der Waals surface area contributed by atoms with Crippen molar-refractivity contribution < 1.29 is 28.4 Å². The van der Waals surface area contributed by atoms with Crippen molar-refractivity contribution in [3.8, 4) is 56.8 Å². The van der Waals surface area contributed by atoms with E-state index >= 15 is 0 Å². The molecule has 0 fully saturated rings. The number of rotatable bonds is 34. The van der Waals surface area contributed by atoms with E-state index in [2.05, 4.69) is 292 Å². The summed E-state index contributed by atoms with van der Waals surface area (Å²) >= 11 is 0. The molecular weight excluding hydrogens is 1260 g/mol. The molecule has 0 aliphatic rings. The number of methoxy groups -OCH3 is 4. The summed E-state index contributed by atoms with van der Waals surface area (Å²) in [4.78, 5) is 9.13. The number of allylic oxidation sites excluding steroid dienone is 4. The van der Waals surface area contributed by atoms with E-state index in [4.69, 9.17) is 28.4 Å². The summed E-state index contributed by atoms with van der Waals surface area (Å²) in [6, 6.07) is 93.9. The van der Waals surface area contributed by atoms with Gasteiger partial charge < -0.3 is 48.0 Å². The van der Waals surface area contributed by atoms with E-state index in [-0.39, 0.29) is 0 Å². The van der Waals surface area contributed by atoms with Gasteiger partial charge in [-0.15, -0.1) is 0 Å². The van der Waals surface area contributed by atoms with Crippen LogP contribution in [-0.2, 0) is 0 Å². The highest BCUT2D eigenvalue weighted by Gasteiger charge is 2.20. The SMILES string of the molecule is CCCCC(CC)COc1ccc(N(/C(C)=C/C=C(\C)c2ccc(N(c3ccc(OCC(CC)CCCC)cc3)c3ccc(-c4ccc(N(c5ccc(OC)cc5)c5ccc(OC)cc5)cc4)cc3)cc2)c2ccc(-c3ccc(N(c4ccc(OC)cc4)c4ccc(OC)cc4)cc3)cc2)cc1. The predicted molar refractivity (Wildman–Crippen MR) is 428 cm³/mol. The second-order valence-electron chi connectivity index (χ2n) is 26.0. The van der Waals surface area contributed by atoms with Crippen molar-refractivity contribution in [2.75, 3.05) is 61.3 Å². The molecule has 0 N–H and O–H groups in total. The average molecular weight is 1360 g/mol. The first-order valence-corrected chi connectivity index (χ1v) is 36.1. The van der Waals surface area contributed by atoms with Crippen LogP contribution in [0.4, 0.5) is 62.6 Å².